The van der Waals surface area contributed by atoms with E-state index in [0.717, 1.165) is 5.56 Å². The van der Waals surface area contributed by atoms with E-state index in [0.29, 0.717) is 5.56 Å². The topological polar surface area (TPSA) is 26.3 Å². The predicted molar refractivity (Wildman–Crippen MR) is 67.0 cm³/mol. The quantitative estimate of drug-likeness (QED) is 0.748. The summed E-state index contributed by atoms with van der Waals surface area (Å²) in [6.07, 6.45) is -0.529. The molecule has 0 radical (unpaired) electrons. The molecule has 0 saturated carbocycles. The lowest BCUT2D eigenvalue weighted by Gasteiger charge is -2.14. The van der Waals surface area contributed by atoms with Crippen LogP contribution in [0.3, 0.4) is 0 Å². The third-order valence-corrected chi connectivity index (χ3v) is 2.63. The van der Waals surface area contributed by atoms with Gasteiger partial charge in [-0.3, -0.25) is 4.79 Å². The molecule has 0 unspecified atom stereocenters. The number of methoxy groups -OCH3 is 1. The molecule has 0 aliphatic heterocycles. The summed E-state index contributed by atoms with van der Waals surface area (Å²) in [6, 6.07) is 18.7. The molecule has 2 aromatic carbocycles. The van der Waals surface area contributed by atoms with Crippen LogP contribution in [0.4, 0.5) is 0 Å². The Morgan fingerprint density at radius 1 is 0.941 bits per heavy atom. The number of carbonyl (C=O) groups excluding carboxylic acids is 1. The van der Waals surface area contributed by atoms with Crippen molar-refractivity contribution in [1.29, 1.82) is 0 Å². The van der Waals surface area contributed by atoms with E-state index in [1.165, 1.54) is 0 Å². The lowest BCUT2D eigenvalue weighted by molar-refractivity contribution is 0.0604. The summed E-state index contributed by atoms with van der Waals surface area (Å²) in [4.78, 5) is 12.3. The van der Waals surface area contributed by atoms with Crippen LogP contribution in [0.25, 0.3) is 0 Å². The van der Waals surface area contributed by atoms with E-state index >= 15 is 0 Å². The molecule has 0 bridgehead atoms. The molecule has 17 heavy (non-hydrogen) atoms. The fourth-order valence-electron chi connectivity index (χ4n) is 1.78. The summed E-state index contributed by atoms with van der Waals surface area (Å²) in [5, 5.41) is 0. The lowest BCUT2D eigenvalue weighted by atomic mass is 10.00. The Morgan fingerprint density at radius 3 is 2.00 bits per heavy atom. The van der Waals surface area contributed by atoms with Gasteiger partial charge in [0.25, 0.3) is 0 Å². The van der Waals surface area contributed by atoms with E-state index in [-0.39, 0.29) is 5.78 Å². The van der Waals surface area contributed by atoms with Crippen LogP contribution in [0, 0.1) is 0 Å². The maximum Gasteiger partial charge on any atom is 0.196 e. The van der Waals surface area contributed by atoms with Crippen LogP contribution in [0.2, 0.25) is 0 Å². The van der Waals surface area contributed by atoms with E-state index in [1.54, 1.807) is 19.2 Å². The van der Waals surface area contributed by atoms with Gasteiger partial charge in [0, 0.05) is 12.7 Å². The minimum atomic E-state index is -0.529. The van der Waals surface area contributed by atoms with Gasteiger partial charge in [0.05, 0.1) is 0 Å². The molecule has 0 aromatic heterocycles. The Kier molecular flexibility index (Phi) is 3.68. The highest BCUT2D eigenvalue weighted by Crippen LogP contribution is 2.21. The molecule has 0 aliphatic rings. The van der Waals surface area contributed by atoms with Crippen molar-refractivity contribution in [3.8, 4) is 0 Å². The van der Waals surface area contributed by atoms with Crippen molar-refractivity contribution in [2.45, 2.75) is 6.10 Å². The maximum atomic E-state index is 12.3. The maximum absolute atomic E-state index is 12.3. The van der Waals surface area contributed by atoms with Gasteiger partial charge in [0.15, 0.2) is 5.78 Å². The normalized spacial score (nSPS) is 12.1. The molecule has 2 aromatic rings. The molecular formula is C15H14O2. The first-order chi connectivity index (χ1) is 8.33. The minimum Gasteiger partial charge on any atom is -0.369 e. The minimum absolute atomic E-state index is 0.0145. The summed E-state index contributed by atoms with van der Waals surface area (Å²) < 4.78 is 5.30. The van der Waals surface area contributed by atoms with Gasteiger partial charge in [-0.1, -0.05) is 60.7 Å². The molecule has 2 heteroatoms. The number of benzene rings is 2. The molecule has 0 saturated heterocycles. The molecule has 0 fully saturated rings. The van der Waals surface area contributed by atoms with Crippen molar-refractivity contribution < 1.29 is 9.53 Å². The summed E-state index contributed by atoms with van der Waals surface area (Å²) in [6.45, 7) is 0. The summed E-state index contributed by atoms with van der Waals surface area (Å²) in [5.41, 5.74) is 1.55. The van der Waals surface area contributed by atoms with E-state index in [9.17, 15) is 4.79 Å². The van der Waals surface area contributed by atoms with Crippen molar-refractivity contribution in [2.75, 3.05) is 7.11 Å². The zero-order valence-electron chi connectivity index (χ0n) is 9.67. The van der Waals surface area contributed by atoms with Gasteiger partial charge in [0.2, 0.25) is 0 Å². The third kappa shape index (κ3) is 2.60. The standard InChI is InChI=1S/C15H14O2/c1-17-15(13-10-6-3-7-11-13)14(16)12-8-4-2-5-9-12/h2-11,15H,1H3/t15-/m1/s1. The van der Waals surface area contributed by atoms with E-state index in [2.05, 4.69) is 0 Å². The fraction of sp³-hybridized carbons (Fsp3) is 0.133. The van der Waals surface area contributed by atoms with Crippen LogP contribution in [-0.4, -0.2) is 12.9 Å². The first kappa shape index (κ1) is 11.6. The number of carbonyl (C=O) groups is 1. The first-order valence-corrected chi connectivity index (χ1v) is 5.50. The predicted octanol–water partition coefficient (Wildman–Crippen LogP) is 3.26. The molecule has 0 amide bonds. The summed E-state index contributed by atoms with van der Waals surface area (Å²) >= 11 is 0. The molecule has 0 aliphatic carbocycles. The van der Waals surface area contributed by atoms with Crippen LogP contribution in [0.15, 0.2) is 60.7 Å². The Bertz CT molecular complexity index is 477. The van der Waals surface area contributed by atoms with Crippen molar-refractivity contribution in [3.63, 3.8) is 0 Å². The first-order valence-electron chi connectivity index (χ1n) is 5.50. The van der Waals surface area contributed by atoms with Crippen LogP contribution < -0.4 is 0 Å². The molecule has 2 nitrogen and oxygen atoms in total. The van der Waals surface area contributed by atoms with E-state index in [1.807, 2.05) is 48.5 Å². The monoisotopic (exact) mass is 226 g/mol. The third-order valence-electron chi connectivity index (χ3n) is 2.63. The van der Waals surface area contributed by atoms with Crippen LogP contribution >= 0.6 is 0 Å². The summed E-state index contributed by atoms with van der Waals surface area (Å²) in [5.74, 6) is -0.0145. The average molecular weight is 226 g/mol. The highest BCUT2D eigenvalue weighted by Gasteiger charge is 2.20. The van der Waals surface area contributed by atoms with E-state index < -0.39 is 6.10 Å². The van der Waals surface area contributed by atoms with E-state index in [4.69, 9.17) is 4.74 Å². The molecule has 2 rings (SSSR count). The zero-order chi connectivity index (χ0) is 12.1. The Labute approximate surface area is 101 Å². The Hall–Kier alpha value is -1.93. The number of hydrogen-bond donors (Lipinski definition) is 0. The number of Topliss-reactive ketones (excluding diaryl/α,β-unsaturated/α-hetero) is 1. The van der Waals surface area contributed by atoms with Gasteiger partial charge in [0.1, 0.15) is 6.10 Å². The van der Waals surface area contributed by atoms with Crippen molar-refractivity contribution in [2.24, 2.45) is 0 Å². The second-order valence-corrected chi connectivity index (χ2v) is 3.76. The smallest absolute Gasteiger partial charge is 0.196 e. The Balaban J connectivity index is 2.29. The van der Waals surface area contributed by atoms with Gasteiger partial charge < -0.3 is 4.74 Å². The second kappa shape index (κ2) is 5.41. The van der Waals surface area contributed by atoms with Gasteiger partial charge in [-0.25, -0.2) is 0 Å². The van der Waals surface area contributed by atoms with Gasteiger partial charge in [-0.2, -0.15) is 0 Å². The molecule has 86 valence electrons. The van der Waals surface area contributed by atoms with Crippen LogP contribution in [-0.2, 0) is 4.74 Å². The van der Waals surface area contributed by atoms with Gasteiger partial charge in [-0.05, 0) is 5.56 Å². The highest BCUT2D eigenvalue weighted by molar-refractivity contribution is 6.00. The average Bonchev–Trinajstić information content (AvgIpc) is 2.42. The number of hydrogen-bond acceptors (Lipinski definition) is 2. The molecular weight excluding hydrogens is 212 g/mol. The van der Waals surface area contributed by atoms with Gasteiger partial charge in [-0.15, -0.1) is 0 Å². The SMILES string of the molecule is CO[C@@H](C(=O)c1ccccc1)c1ccccc1. The molecule has 0 heterocycles. The molecule has 0 spiro atoms. The zero-order valence-corrected chi connectivity index (χ0v) is 9.67. The second-order valence-electron chi connectivity index (χ2n) is 3.76. The van der Waals surface area contributed by atoms with Crippen molar-refractivity contribution in [3.05, 3.63) is 71.8 Å². The summed E-state index contributed by atoms with van der Waals surface area (Å²) in [7, 11) is 1.55. The fourth-order valence-corrected chi connectivity index (χ4v) is 1.78. The number of ketones is 1. The van der Waals surface area contributed by atoms with Gasteiger partial charge >= 0.3 is 0 Å². The van der Waals surface area contributed by atoms with Crippen molar-refractivity contribution in [1.82, 2.24) is 0 Å². The lowest BCUT2D eigenvalue weighted by Crippen LogP contribution is -2.14. The number of rotatable bonds is 4. The Morgan fingerprint density at radius 2 is 1.47 bits per heavy atom. The molecule has 0 N–H and O–H groups in total. The highest BCUT2D eigenvalue weighted by atomic mass is 16.5. The largest absolute Gasteiger partial charge is 0.369 e. The van der Waals surface area contributed by atoms with Crippen LogP contribution in [0.1, 0.15) is 22.0 Å². The molecule has 1 atom stereocenters. The van der Waals surface area contributed by atoms with Crippen LogP contribution in [0.5, 0.6) is 0 Å². The van der Waals surface area contributed by atoms with Crippen molar-refractivity contribution >= 4 is 5.78 Å². The number of ether oxygens (including phenoxy) is 1.